The van der Waals surface area contributed by atoms with Crippen molar-refractivity contribution in [1.82, 2.24) is 15.5 Å². The minimum atomic E-state index is -0.268. The molecule has 0 heterocycles. The highest BCUT2D eigenvalue weighted by atomic mass is 16.2. The van der Waals surface area contributed by atoms with Gasteiger partial charge in [-0.1, -0.05) is 91.0 Å². The van der Waals surface area contributed by atoms with Gasteiger partial charge in [-0.3, -0.25) is 4.79 Å². The largest absolute Gasteiger partial charge is 0.338 e. The Hall–Kier alpha value is -3.60. The molecule has 0 saturated carbocycles. The van der Waals surface area contributed by atoms with Crippen LogP contribution in [0.1, 0.15) is 23.1 Å². The van der Waals surface area contributed by atoms with E-state index in [1.165, 1.54) is 5.56 Å². The smallest absolute Gasteiger partial charge is 0.315 e. The molecule has 0 atom stereocenters. The van der Waals surface area contributed by atoms with E-state index in [1.807, 2.05) is 83.8 Å². The first-order valence-corrected chi connectivity index (χ1v) is 10.6. The zero-order valence-electron chi connectivity index (χ0n) is 17.7. The molecule has 5 heteroatoms. The Morgan fingerprint density at radius 2 is 1.23 bits per heavy atom. The maximum Gasteiger partial charge on any atom is 0.315 e. The van der Waals surface area contributed by atoms with Crippen LogP contribution in [0, 0.1) is 0 Å². The van der Waals surface area contributed by atoms with Crippen molar-refractivity contribution >= 4 is 11.9 Å². The van der Waals surface area contributed by atoms with Gasteiger partial charge in [-0.05, 0) is 23.1 Å². The molecule has 5 nitrogen and oxygen atoms in total. The van der Waals surface area contributed by atoms with Crippen molar-refractivity contribution < 1.29 is 9.59 Å². The summed E-state index contributed by atoms with van der Waals surface area (Å²) >= 11 is 0. The van der Waals surface area contributed by atoms with Crippen molar-refractivity contribution in [2.75, 3.05) is 13.1 Å². The zero-order chi connectivity index (χ0) is 21.7. The van der Waals surface area contributed by atoms with Crippen LogP contribution in [-0.4, -0.2) is 29.9 Å². The molecule has 0 spiro atoms. The van der Waals surface area contributed by atoms with E-state index in [9.17, 15) is 9.59 Å². The first kappa shape index (κ1) is 22.1. The molecule has 0 radical (unpaired) electrons. The van der Waals surface area contributed by atoms with Gasteiger partial charge < -0.3 is 15.5 Å². The van der Waals surface area contributed by atoms with Crippen molar-refractivity contribution in [2.45, 2.75) is 25.9 Å². The van der Waals surface area contributed by atoms with Crippen LogP contribution in [0.15, 0.2) is 91.0 Å². The summed E-state index contributed by atoms with van der Waals surface area (Å²) < 4.78 is 0. The number of amides is 3. The average molecular weight is 416 g/mol. The van der Waals surface area contributed by atoms with E-state index >= 15 is 0 Å². The highest BCUT2D eigenvalue weighted by Crippen LogP contribution is 2.09. The lowest BCUT2D eigenvalue weighted by Crippen LogP contribution is -2.39. The average Bonchev–Trinajstić information content (AvgIpc) is 2.82. The molecule has 0 aromatic heterocycles. The van der Waals surface area contributed by atoms with E-state index in [1.54, 1.807) is 0 Å². The zero-order valence-corrected chi connectivity index (χ0v) is 17.7. The van der Waals surface area contributed by atoms with Crippen molar-refractivity contribution in [3.8, 4) is 0 Å². The van der Waals surface area contributed by atoms with Crippen LogP contribution in [-0.2, 0) is 24.3 Å². The van der Waals surface area contributed by atoms with Crippen LogP contribution >= 0.6 is 0 Å². The van der Waals surface area contributed by atoms with Crippen molar-refractivity contribution in [3.63, 3.8) is 0 Å². The minimum absolute atomic E-state index is 0.0307. The van der Waals surface area contributed by atoms with E-state index in [0.717, 1.165) is 17.5 Å². The second-order valence-corrected chi connectivity index (χ2v) is 7.38. The van der Waals surface area contributed by atoms with E-state index in [2.05, 4.69) is 22.8 Å². The second kappa shape index (κ2) is 12.2. The summed E-state index contributed by atoms with van der Waals surface area (Å²) in [6, 6.07) is 29.6. The number of hydrogen-bond acceptors (Lipinski definition) is 2. The number of carbonyl (C=O) groups is 2. The highest BCUT2D eigenvalue weighted by molar-refractivity contribution is 5.78. The van der Waals surface area contributed by atoms with Crippen molar-refractivity contribution in [1.29, 1.82) is 0 Å². The molecule has 3 rings (SSSR count). The van der Waals surface area contributed by atoms with Crippen LogP contribution in [0.5, 0.6) is 0 Å². The fraction of sp³-hybridized carbons (Fsp3) is 0.231. The molecule has 0 fully saturated rings. The molecule has 0 saturated heterocycles. The number of nitrogens with one attached hydrogen (secondary N) is 2. The van der Waals surface area contributed by atoms with E-state index in [-0.39, 0.29) is 18.4 Å². The first-order chi connectivity index (χ1) is 15.2. The maximum atomic E-state index is 12.9. The first-order valence-electron chi connectivity index (χ1n) is 10.6. The van der Waals surface area contributed by atoms with Crippen LogP contribution in [0.25, 0.3) is 0 Å². The summed E-state index contributed by atoms with van der Waals surface area (Å²) in [6.07, 6.45) is 1.06. The Balaban J connectivity index is 1.48. The van der Waals surface area contributed by atoms with Crippen LogP contribution < -0.4 is 10.6 Å². The molecule has 0 aliphatic rings. The molecule has 0 aliphatic carbocycles. The van der Waals surface area contributed by atoms with Gasteiger partial charge in [0.25, 0.3) is 0 Å². The van der Waals surface area contributed by atoms with Crippen LogP contribution in [0.3, 0.4) is 0 Å². The molecule has 0 aliphatic heterocycles. The Morgan fingerprint density at radius 3 is 1.84 bits per heavy atom. The van der Waals surface area contributed by atoms with Gasteiger partial charge in [0.1, 0.15) is 0 Å². The molecule has 3 aromatic rings. The van der Waals surface area contributed by atoms with Crippen molar-refractivity contribution in [3.05, 3.63) is 108 Å². The van der Waals surface area contributed by atoms with Crippen LogP contribution in [0.2, 0.25) is 0 Å². The fourth-order valence-electron chi connectivity index (χ4n) is 3.29. The van der Waals surface area contributed by atoms with Gasteiger partial charge in [0.15, 0.2) is 0 Å². The van der Waals surface area contributed by atoms with E-state index in [4.69, 9.17) is 0 Å². The van der Waals surface area contributed by atoms with Gasteiger partial charge in [-0.25, -0.2) is 4.79 Å². The van der Waals surface area contributed by atoms with Gasteiger partial charge >= 0.3 is 6.03 Å². The second-order valence-electron chi connectivity index (χ2n) is 7.38. The lowest BCUT2D eigenvalue weighted by molar-refractivity contribution is -0.131. The van der Waals surface area contributed by atoms with E-state index in [0.29, 0.717) is 26.2 Å². The normalized spacial score (nSPS) is 10.3. The predicted octanol–water partition coefficient (Wildman–Crippen LogP) is 4.15. The number of hydrogen-bond donors (Lipinski definition) is 2. The van der Waals surface area contributed by atoms with Crippen molar-refractivity contribution in [2.24, 2.45) is 0 Å². The highest BCUT2D eigenvalue weighted by Gasteiger charge is 2.14. The summed E-state index contributed by atoms with van der Waals surface area (Å²) in [5, 5.41) is 5.59. The molecule has 3 aromatic carbocycles. The summed E-state index contributed by atoms with van der Waals surface area (Å²) in [6.45, 7) is 1.96. The molecule has 3 amide bonds. The van der Waals surface area contributed by atoms with Gasteiger partial charge in [-0.2, -0.15) is 0 Å². The molecule has 0 bridgehead atoms. The van der Waals surface area contributed by atoms with Gasteiger partial charge in [0, 0.05) is 32.6 Å². The summed E-state index contributed by atoms with van der Waals surface area (Å²) in [5.74, 6) is 0.0307. The standard InChI is InChI=1S/C26H29N3O2/c30-25(16-18-27-26(31)28-20-23-12-6-2-7-13-23)29(21-24-14-8-3-9-15-24)19-17-22-10-4-1-5-11-22/h1-15H,16-21H2,(H2,27,28,31). The maximum absolute atomic E-state index is 12.9. The third-order valence-electron chi connectivity index (χ3n) is 5.00. The third-order valence-corrected chi connectivity index (χ3v) is 5.00. The number of benzene rings is 3. The number of carbonyl (C=O) groups excluding carboxylic acids is 2. The molecule has 160 valence electrons. The Bertz CT molecular complexity index is 931. The third kappa shape index (κ3) is 7.97. The molecular weight excluding hydrogens is 386 g/mol. The number of nitrogens with zero attached hydrogens (tertiary/aromatic N) is 1. The Kier molecular flexibility index (Phi) is 8.68. The predicted molar refractivity (Wildman–Crippen MR) is 123 cm³/mol. The molecule has 2 N–H and O–H groups in total. The Labute approximate surface area is 184 Å². The number of urea groups is 1. The minimum Gasteiger partial charge on any atom is -0.338 e. The summed E-state index contributed by atoms with van der Waals surface area (Å²) in [5.41, 5.74) is 3.33. The quantitative estimate of drug-likeness (QED) is 0.523. The molecular formula is C26H29N3O2. The van der Waals surface area contributed by atoms with E-state index < -0.39 is 0 Å². The fourth-order valence-corrected chi connectivity index (χ4v) is 3.29. The number of rotatable bonds is 10. The monoisotopic (exact) mass is 415 g/mol. The lowest BCUT2D eigenvalue weighted by atomic mass is 10.1. The molecule has 31 heavy (non-hydrogen) atoms. The van der Waals surface area contributed by atoms with Gasteiger partial charge in [0.05, 0.1) is 0 Å². The summed E-state index contributed by atoms with van der Waals surface area (Å²) in [4.78, 5) is 26.8. The lowest BCUT2D eigenvalue weighted by Gasteiger charge is -2.23. The molecule has 0 unspecified atom stereocenters. The SMILES string of the molecule is O=C(NCCC(=O)N(CCc1ccccc1)Cc1ccccc1)NCc1ccccc1. The Morgan fingerprint density at radius 1 is 0.677 bits per heavy atom. The topological polar surface area (TPSA) is 61.4 Å². The van der Waals surface area contributed by atoms with Gasteiger partial charge in [0.2, 0.25) is 5.91 Å². The van der Waals surface area contributed by atoms with Gasteiger partial charge in [-0.15, -0.1) is 0 Å². The summed E-state index contributed by atoms with van der Waals surface area (Å²) in [7, 11) is 0. The van der Waals surface area contributed by atoms with Crippen LogP contribution in [0.4, 0.5) is 4.79 Å².